The van der Waals surface area contributed by atoms with Crippen molar-refractivity contribution in [3.63, 3.8) is 0 Å². The maximum atomic E-state index is 13.6. The minimum absolute atomic E-state index is 0.119. The summed E-state index contributed by atoms with van der Waals surface area (Å²) in [5, 5.41) is 16.5. The van der Waals surface area contributed by atoms with Crippen molar-refractivity contribution in [1.82, 2.24) is 14.9 Å². The summed E-state index contributed by atoms with van der Waals surface area (Å²) in [6.45, 7) is 2.80. The second-order valence-corrected chi connectivity index (χ2v) is 11.2. The van der Waals surface area contributed by atoms with Crippen molar-refractivity contribution in [3.05, 3.63) is 102 Å². The van der Waals surface area contributed by atoms with Gasteiger partial charge in [-0.15, -0.1) is 0 Å². The van der Waals surface area contributed by atoms with Gasteiger partial charge in [0, 0.05) is 49.7 Å². The zero-order valence-corrected chi connectivity index (χ0v) is 25.2. The molecule has 1 atom stereocenters. The summed E-state index contributed by atoms with van der Waals surface area (Å²) in [5.41, 5.74) is 4.26. The molecule has 45 heavy (non-hydrogen) atoms. The Hall–Kier alpha value is -4.57. The minimum atomic E-state index is -0.972. The van der Waals surface area contributed by atoms with E-state index in [1.54, 1.807) is 6.20 Å². The molecule has 2 aromatic heterocycles. The van der Waals surface area contributed by atoms with Crippen LogP contribution in [0.25, 0.3) is 11.1 Å². The molecule has 0 saturated heterocycles. The van der Waals surface area contributed by atoms with Crippen LogP contribution in [-0.2, 0) is 17.6 Å². The third-order valence-electron chi connectivity index (χ3n) is 7.84. The number of nitrogens with one attached hydrogen (secondary N) is 2. The Morgan fingerprint density at radius 3 is 2.60 bits per heavy atom. The van der Waals surface area contributed by atoms with Gasteiger partial charge in [-0.05, 0) is 80.0 Å². The normalized spacial score (nSPS) is 13.1. The fourth-order valence-corrected chi connectivity index (χ4v) is 5.46. The molecule has 5 rings (SSSR count). The molecule has 0 saturated carbocycles. The number of unbranched alkanes of at least 4 members (excludes halogenated alkanes) is 1. The third-order valence-corrected chi connectivity index (χ3v) is 7.84. The molecule has 0 spiro atoms. The van der Waals surface area contributed by atoms with Crippen molar-refractivity contribution in [3.8, 4) is 16.9 Å². The second kappa shape index (κ2) is 15.9. The van der Waals surface area contributed by atoms with E-state index in [9.17, 15) is 18.7 Å². The van der Waals surface area contributed by atoms with E-state index in [-0.39, 0.29) is 12.4 Å². The number of rotatable bonds is 16. The topological polar surface area (TPSA) is 99.6 Å². The summed E-state index contributed by atoms with van der Waals surface area (Å²) in [5.74, 6) is -0.781. The first-order valence-electron chi connectivity index (χ1n) is 15.5. The average Bonchev–Trinajstić information content (AvgIpc) is 3.04. The fraction of sp³-hybridized carbons (Fsp3) is 0.343. The Labute approximate surface area is 262 Å². The zero-order valence-electron chi connectivity index (χ0n) is 25.2. The van der Waals surface area contributed by atoms with Crippen LogP contribution in [0, 0.1) is 11.6 Å². The van der Waals surface area contributed by atoms with Crippen molar-refractivity contribution in [2.45, 2.75) is 44.6 Å². The number of hydrogen-bond donors (Lipinski definition) is 3. The minimum Gasteiger partial charge on any atom is -0.492 e. The number of hydrogen-bond acceptors (Lipinski definition) is 7. The second-order valence-electron chi connectivity index (χ2n) is 11.2. The number of aromatic nitrogens is 2. The van der Waals surface area contributed by atoms with Gasteiger partial charge in [-0.3, -0.25) is 4.90 Å². The maximum absolute atomic E-state index is 13.6. The van der Waals surface area contributed by atoms with Crippen LogP contribution in [0.15, 0.2) is 79.0 Å². The molecule has 3 heterocycles. The lowest BCUT2D eigenvalue weighted by Crippen LogP contribution is -2.37. The Kier molecular flexibility index (Phi) is 11.3. The highest BCUT2D eigenvalue weighted by Crippen LogP contribution is 2.22. The Bertz CT molecular complexity index is 1540. The molecule has 0 amide bonds. The molecule has 1 aliphatic heterocycles. The first-order valence-corrected chi connectivity index (χ1v) is 15.5. The predicted octanol–water partition coefficient (Wildman–Crippen LogP) is 6.44. The van der Waals surface area contributed by atoms with Crippen LogP contribution >= 0.6 is 0 Å². The van der Waals surface area contributed by atoms with Crippen molar-refractivity contribution < 1.29 is 23.4 Å². The number of aliphatic carboxylic acids is 1. The van der Waals surface area contributed by atoms with Gasteiger partial charge >= 0.3 is 5.97 Å². The molecule has 3 N–H and O–H groups in total. The Balaban J connectivity index is 1.18. The van der Waals surface area contributed by atoms with Gasteiger partial charge in [0.15, 0.2) is 0 Å². The van der Waals surface area contributed by atoms with Crippen molar-refractivity contribution in [1.29, 1.82) is 0 Å². The van der Waals surface area contributed by atoms with E-state index < -0.39 is 23.6 Å². The number of aryl methyl sites for hydroxylation is 2. The Morgan fingerprint density at radius 2 is 1.80 bits per heavy atom. The van der Waals surface area contributed by atoms with Crippen LogP contribution in [0.5, 0.6) is 5.75 Å². The van der Waals surface area contributed by atoms with Crippen molar-refractivity contribution in [2.75, 3.05) is 43.4 Å². The predicted molar refractivity (Wildman–Crippen MR) is 172 cm³/mol. The van der Waals surface area contributed by atoms with E-state index in [1.807, 2.05) is 42.5 Å². The summed E-state index contributed by atoms with van der Waals surface area (Å²) in [6.07, 6.45) is 6.77. The molecule has 0 fully saturated rings. The van der Waals surface area contributed by atoms with E-state index in [0.717, 1.165) is 79.5 Å². The van der Waals surface area contributed by atoms with Crippen LogP contribution in [0.4, 0.5) is 20.4 Å². The highest BCUT2D eigenvalue weighted by Gasteiger charge is 2.20. The summed E-state index contributed by atoms with van der Waals surface area (Å²) in [6, 6.07) is 20.0. The molecule has 1 unspecified atom stereocenters. The first kappa shape index (κ1) is 31.8. The highest BCUT2D eigenvalue weighted by atomic mass is 19.1. The van der Waals surface area contributed by atoms with E-state index in [4.69, 9.17) is 9.72 Å². The highest BCUT2D eigenvalue weighted by molar-refractivity contribution is 5.77. The standard InChI is InChI=1S/C35H39F2N5O3/c36-28-22-29(37)24-31(23-28)45-20-19-42(17-5-4-10-30-12-11-26-9-6-15-39-34(26)40-30)18-14-32(35(43)44)41-33-21-27(13-16-38-33)25-7-2-1-3-8-25/h1-3,7-8,11-13,16,21-24,32H,4-6,9-10,14-15,17-20H2,(H,38,41)(H,39,40)(H,43,44). The van der Waals surface area contributed by atoms with Gasteiger partial charge in [-0.25, -0.2) is 23.5 Å². The summed E-state index contributed by atoms with van der Waals surface area (Å²) >= 11 is 0. The summed E-state index contributed by atoms with van der Waals surface area (Å²) in [7, 11) is 0. The summed E-state index contributed by atoms with van der Waals surface area (Å²) in [4.78, 5) is 23.5. The number of pyridine rings is 2. The average molecular weight is 616 g/mol. The number of benzene rings is 2. The maximum Gasteiger partial charge on any atom is 0.326 e. The lowest BCUT2D eigenvalue weighted by Gasteiger charge is -2.25. The molecular formula is C35H39F2N5O3. The molecule has 1 aliphatic rings. The molecule has 10 heteroatoms. The molecule has 0 bridgehead atoms. The lowest BCUT2D eigenvalue weighted by molar-refractivity contribution is -0.138. The van der Waals surface area contributed by atoms with Crippen LogP contribution in [0.2, 0.25) is 0 Å². The van der Waals surface area contributed by atoms with Gasteiger partial charge in [0.2, 0.25) is 0 Å². The van der Waals surface area contributed by atoms with E-state index >= 15 is 0 Å². The summed E-state index contributed by atoms with van der Waals surface area (Å²) < 4.78 is 32.9. The number of halogens is 2. The van der Waals surface area contributed by atoms with Gasteiger partial charge in [-0.1, -0.05) is 36.4 Å². The smallest absolute Gasteiger partial charge is 0.326 e. The first-order chi connectivity index (χ1) is 21.9. The lowest BCUT2D eigenvalue weighted by atomic mass is 10.1. The number of carboxylic acid groups (broad SMARTS) is 1. The zero-order chi connectivity index (χ0) is 31.4. The molecule has 0 radical (unpaired) electrons. The number of nitrogens with zero attached hydrogens (tertiary/aromatic N) is 3. The molecule has 236 valence electrons. The van der Waals surface area contributed by atoms with Crippen molar-refractivity contribution >= 4 is 17.6 Å². The number of anilines is 2. The third kappa shape index (κ3) is 9.71. The van der Waals surface area contributed by atoms with Crippen LogP contribution in [0.1, 0.15) is 36.9 Å². The van der Waals surface area contributed by atoms with Gasteiger partial charge in [0.25, 0.3) is 0 Å². The van der Waals surface area contributed by atoms with Gasteiger partial charge < -0.3 is 20.5 Å². The Morgan fingerprint density at radius 1 is 0.978 bits per heavy atom. The van der Waals surface area contributed by atoms with Crippen molar-refractivity contribution in [2.24, 2.45) is 0 Å². The monoisotopic (exact) mass is 615 g/mol. The van der Waals surface area contributed by atoms with Gasteiger partial charge in [0.05, 0.1) is 0 Å². The number of carbonyl (C=O) groups is 1. The van der Waals surface area contributed by atoms with Gasteiger partial charge in [0.1, 0.15) is 41.7 Å². The van der Waals surface area contributed by atoms with E-state index in [2.05, 4.69) is 32.7 Å². The molecule has 2 aromatic carbocycles. The quantitative estimate of drug-likeness (QED) is 0.124. The van der Waals surface area contributed by atoms with Crippen LogP contribution in [-0.4, -0.2) is 64.8 Å². The molecule has 8 nitrogen and oxygen atoms in total. The van der Waals surface area contributed by atoms with Crippen LogP contribution < -0.4 is 15.4 Å². The largest absolute Gasteiger partial charge is 0.492 e. The number of fused-ring (bicyclic) bond motifs is 1. The number of carboxylic acids is 1. The van der Waals surface area contributed by atoms with E-state index in [0.29, 0.717) is 31.9 Å². The number of ether oxygens (including phenoxy) is 1. The SMILES string of the molecule is O=C(O)C(CCN(CCCCc1ccc2c(n1)NCCC2)CCOc1cc(F)cc(F)c1)Nc1cc(-c2ccccc2)ccn1. The molecular weight excluding hydrogens is 576 g/mol. The van der Waals surface area contributed by atoms with Crippen LogP contribution in [0.3, 0.4) is 0 Å². The molecule has 0 aliphatic carbocycles. The fourth-order valence-electron chi connectivity index (χ4n) is 5.46. The van der Waals surface area contributed by atoms with Gasteiger partial charge in [-0.2, -0.15) is 0 Å². The van der Waals surface area contributed by atoms with E-state index in [1.165, 1.54) is 5.56 Å². The molecule has 4 aromatic rings.